The van der Waals surface area contributed by atoms with Crippen LogP contribution in [0.4, 0.5) is 18.9 Å². The van der Waals surface area contributed by atoms with E-state index in [0.717, 1.165) is 11.1 Å². The molecule has 1 rings (SSSR count). The SMILES string of the molecule is CCN(Cc1ncc(C)c(N)c1C)CC(F)(F)F. The van der Waals surface area contributed by atoms with Crippen molar-refractivity contribution >= 4 is 5.69 Å². The van der Waals surface area contributed by atoms with Gasteiger partial charge in [-0.3, -0.25) is 9.88 Å². The van der Waals surface area contributed by atoms with Gasteiger partial charge < -0.3 is 5.73 Å². The average Bonchev–Trinajstić information content (AvgIpc) is 2.27. The molecule has 1 aromatic rings. The zero-order valence-corrected chi connectivity index (χ0v) is 10.8. The lowest BCUT2D eigenvalue weighted by Gasteiger charge is -2.22. The van der Waals surface area contributed by atoms with Crippen molar-refractivity contribution < 1.29 is 13.2 Å². The van der Waals surface area contributed by atoms with Crippen molar-refractivity contribution in [3.8, 4) is 0 Å². The first kappa shape index (κ1) is 14.8. The predicted molar refractivity (Wildman–Crippen MR) is 65.1 cm³/mol. The zero-order valence-electron chi connectivity index (χ0n) is 10.8. The van der Waals surface area contributed by atoms with Crippen molar-refractivity contribution in [3.63, 3.8) is 0 Å². The van der Waals surface area contributed by atoms with Crippen molar-refractivity contribution in [1.29, 1.82) is 0 Å². The number of hydrogen-bond donors (Lipinski definition) is 1. The maximum Gasteiger partial charge on any atom is 0.401 e. The van der Waals surface area contributed by atoms with E-state index in [9.17, 15) is 13.2 Å². The van der Waals surface area contributed by atoms with Crippen LogP contribution in [-0.2, 0) is 6.54 Å². The molecule has 1 aromatic heterocycles. The smallest absolute Gasteiger partial charge is 0.398 e. The summed E-state index contributed by atoms with van der Waals surface area (Å²) in [5, 5.41) is 0. The Morgan fingerprint density at radius 3 is 2.44 bits per heavy atom. The Balaban J connectivity index is 2.86. The summed E-state index contributed by atoms with van der Waals surface area (Å²) in [5.41, 5.74) is 8.65. The first-order chi connectivity index (χ1) is 8.24. The van der Waals surface area contributed by atoms with Gasteiger partial charge in [0.25, 0.3) is 0 Å². The van der Waals surface area contributed by atoms with Gasteiger partial charge in [0.05, 0.1) is 12.2 Å². The van der Waals surface area contributed by atoms with Gasteiger partial charge in [-0.1, -0.05) is 6.92 Å². The van der Waals surface area contributed by atoms with E-state index in [4.69, 9.17) is 5.73 Å². The fourth-order valence-electron chi connectivity index (χ4n) is 1.70. The highest BCUT2D eigenvalue weighted by Gasteiger charge is 2.30. The van der Waals surface area contributed by atoms with E-state index < -0.39 is 12.7 Å². The van der Waals surface area contributed by atoms with Crippen LogP contribution < -0.4 is 5.73 Å². The van der Waals surface area contributed by atoms with Gasteiger partial charge in [0.1, 0.15) is 0 Å². The number of halogens is 3. The van der Waals surface area contributed by atoms with Crippen LogP contribution in [0.2, 0.25) is 0 Å². The molecular formula is C12H18F3N3. The highest BCUT2D eigenvalue weighted by atomic mass is 19.4. The summed E-state index contributed by atoms with van der Waals surface area (Å²) in [6.07, 6.45) is -2.60. The molecule has 0 aliphatic heterocycles. The van der Waals surface area contributed by atoms with E-state index in [2.05, 4.69) is 4.98 Å². The second-order valence-corrected chi connectivity index (χ2v) is 4.35. The molecule has 0 aliphatic carbocycles. The van der Waals surface area contributed by atoms with Crippen LogP contribution in [0.3, 0.4) is 0 Å². The summed E-state index contributed by atoms with van der Waals surface area (Å²) in [6.45, 7) is 4.84. The summed E-state index contributed by atoms with van der Waals surface area (Å²) in [5.74, 6) is 0. The minimum absolute atomic E-state index is 0.159. The van der Waals surface area contributed by atoms with Crippen molar-refractivity contribution in [2.45, 2.75) is 33.5 Å². The molecule has 0 aromatic carbocycles. The van der Waals surface area contributed by atoms with Crippen LogP contribution >= 0.6 is 0 Å². The molecule has 0 atom stereocenters. The molecule has 0 bridgehead atoms. The third-order valence-corrected chi connectivity index (χ3v) is 2.90. The molecule has 2 N–H and O–H groups in total. The second-order valence-electron chi connectivity index (χ2n) is 4.35. The molecule has 6 heteroatoms. The molecule has 0 fully saturated rings. The lowest BCUT2D eigenvalue weighted by Crippen LogP contribution is -2.34. The fraction of sp³-hybridized carbons (Fsp3) is 0.583. The standard InChI is InChI=1S/C12H18F3N3/c1-4-18(7-12(13,14)15)6-10-9(3)11(16)8(2)5-17-10/h5H,4,6-7H2,1-3H3,(H2,16,17). The van der Waals surface area contributed by atoms with Gasteiger partial charge in [-0.05, 0) is 31.5 Å². The van der Waals surface area contributed by atoms with Crippen LogP contribution in [0, 0.1) is 13.8 Å². The maximum absolute atomic E-state index is 12.4. The minimum Gasteiger partial charge on any atom is -0.398 e. The molecular weight excluding hydrogens is 243 g/mol. The van der Waals surface area contributed by atoms with Crippen LogP contribution in [-0.4, -0.2) is 29.1 Å². The van der Waals surface area contributed by atoms with Crippen LogP contribution in [0.15, 0.2) is 6.20 Å². The van der Waals surface area contributed by atoms with Gasteiger partial charge in [-0.15, -0.1) is 0 Å². The van der Waals surface area contributed by atoms with Gasteiger partial charge in [0.15, 0.2) is 0 Å². The molecule has 0 saturated heterocycles. The highest BCUT2D eigenvalue weighted by Crippen LogP contribution is 2.21. The van der Waals surface area contributed by atoms with Crippen molar-refractivity contribution in [1.82, 2.24) is 9.88 Å². The maximum atomic E-state index is 12.4. The third kappa shape index (κ3) is 3.87. The van der Waals surface area contributed by atoms with E-state index >= 15 is 0 Å². The predicted octanol–water partition coefficient (Wildman–Crippen LogP) is 2.66. The van der Waals surface area contributed by atoms with E-state index in [1.807, 2.05) is 6.92 Å². The number of aryl methyl sites for hydroxylation is 1. The first-order valence-electron chi connectivity index (χ1n) is 5.74. The quantitative estimate of drug-likeness (QED) is 0.906. The zero-order chi connectivity index (χ0) is 13.9. The molecule has 0 amide bonds. The molecule has 102 valence electrons. The van der Waals surface area contributed by atoms with Gasteiger partial charge in [0, 0.05) is 18.4 Å². The molecule has 3 nitrogen and oxygen atoms in total. The number of alkyl halides is 3. The normalized spacial score (nSPS) is 12.2. The molecule has 18 heavy (non-hydrogen) atoms. The topological polar surface area (TPSA) is 42.2 Å². The summed E-state index contributed by atoms with van der Waals surface area (Å²) in [4.78, 5) is 5.46. The van der Waals surface area contributed by atoms with Crippen LogP contribution in [0.25, 0.3) is 0 Å². The molecule has 0 saturated carbocycles. The Kier molecular flexibility index (Phi) is 4.56. The van der Waals surface area contributed by atoms with Crippen LogP contribution in [0.5, 0.6) is 0 Å². The Hall–Kier alpha value is -1.30. The monoisotopic (exact) mass is 261 g/mol. The number of hydrogen-bond acceptors (Lipinski definition) is 3. The van der Waals surface area contributed by atoms with Crippen molar-refractivity contribution in [2.75, 3.05) is 18.8 Å². The molecule has 0 radical (unpaired) electrons. The lowest BCUT2D eigenvalue weighted by molar-refractivity contribution is -0.146. The largest absolute Gasteiger partial charge is 0.401 e. The Bertz CT molecular complexity index is 416. The number of pyridine rings is 1. The number of nitrogens with two attached hydrogens (primary N) is 1. The van der Waals surface area contributed by atoms with Gasteiger partial charge in [-0.25, -0.2) is 0 Å². The number of nitrogen functional groups attached to an aromatic ring is 1. The van der Waals surface area contributed by atoms with E-state index in [0.29, 0.717) is 17.9 Å². The van der Waals surface area contributed by atoms with Gasteiger partial charge in [-0.2, -0.15) is 13.2 Å². The Labute approximate surface area is 105 Å². The third-order valence-electron chi connectivity index (χ3n) is 2.90. The van der Waals surface area contributed by atoms with E-state index in [1.165, 1.54) is 4.90 Å². The number of rotatable bonds is 4. The summed E-state index contributed by atoms with van der Waals surface area (Å²) in [7, 11) is 0. The molecule has 0 unspecified atom stereocenters. The first-order valence-corrected chi connectivity index (χ1v) is 5.74. The summed E-state index contributed by atoms with van der Waals surface area (Å²) in [6, 6.07) is 0. The highest BCUT2D eigenvalue weighted by molar-refractivity contribution is 5.53. The number of aromatic nitrogens is 1. The lowest BCUT2D eigenvalue weighted by atomic mass is 10.1. The molecule has 0 aliphatic rings. The Morgan fingerprint density at radius 2 is 1.94 bits per heavy atom. The van der Waals surface area contributed by atoms with Gasteiger partial charge >= 0.3 is 6.18 Å². The fourth-order valence-corrected chi connectivity index (χ4v) is 1.70. The second kappa shape index (κ2) is 5.56. The van der Waals surface area contributed by atoms with Crippen molar-refractivity contribution in [3.05, 3.63) is 23.0 Å². The summed E-state index contributed by atoms with van der Waals surface area (Å²) < 4.78 is 37.1. The van der Waals surface area contributed by atoms with E-state index in [-0.39, 0.29) is 6.54 Å². The molecule has 0 spiro atoms. The van der Waals surface area contributed by atoms with Gasteiger partial charge in [0.2, 0.25) is 0 Å². The average molecular weight is 261 g/mol. The minimum atomic E-state index is -4.19. The summed E-state index contributed by atoms with van der Waals surface area (Å²) >= 11 is 0. The number of nitrogens with zero attached hydrogens (tertiary/aromatic N) is 2. The van der Waals surface area contributed by atoms with Crippen LogP contribution in [0.1, 0.15) is 23.7 Å². The molecule has 1 heterocycles. The van der Waals surface area contributed by atoms with E-state index in [1.54, 1.807) is 20.0 Å². The number of anilines is 1. The van der Waals surface area contributed by atoms with Crippen molar-refractivity contribution in [2.24, 2.45) is 0 Å². The Morgan fingerprint density at radius 1 is 1.33 bits per heavy atom.